The number of hydrogen-bond donors (Lipinski definition) is 2. The van der Waals surface area contributed by atoms with Crippen LogP contribution >= 0.6 is 23.1 Å². The second-order valence-corrected chi connectivity index (χ2v) is 9.24. The van der Waals surface area contributed by atoms with Gasteiger partial charge >= 0.3 is 0 Å². The summed E-state index contributed by atoms with van der Waals surface area (Å²) in [4.78, 5) is 12.4. The zero-order chi connectivity index (χ0) is 20.1. The molecule has 1 aromatic heterocycles. The minimum absolute atomic E-state index is 0.0144. The van der Waals surface area contributed by atoms with Gasteiger partial charge in [0.05, 0.1) is 17.9 Å². The van der Waals surface area contributed by atoms with Crippen LogP contribution in [0.3, 0.4) is 0 Å². The van der Waals surface area contributed by atoms with Gasteiger partial charge in [0, 0.05) is 13.2 Å². The zero-order valence-electron chi connectivity index (χ0n) is 16.3. The molecule has 0 radical (unpaired) electrons. The average Bonchev–Trinajstić information content (AvgIpc) is 3.42. The molecule has 152 valence electrons. The topological polar surface area (TPSA) is 76.1 Å². The molecule has 0 saturated carbocycles. The normalized spacial score (nSPS) is 17.3. The molecule has 2 heterocycles. The van der Waals surface area contributed by atoms with Crippen LogP contribution in [0.4, 0.5) is 5.13 Å². The Hall–Kier alpha value is -2.16. The number of ether oxygens (including phenoxy) is 1. The maximum Gasteiger partial charge on any atom is 0.230 e. The van der Waals surface area contributed by atoms with Crippen molar-refractivity contribution in [3.05, 3.63) is 48.0 Å². The van der Waals surface area contributed by atoms with Gasteiger partial charge < -0.3 is 15.4 Å². The maximum absolute atomic E-state index is 12.4. The summed E-state index contributed by atoms with van der Waals surface area (Å²) < 4.78 is 6.38. The van der Waals surface area contributed by atoms with Gasteiger partial charge in [-0.15, -0.1) is 10.2 Å². The van der Waals surface area contributed by atoms with Crippen LogP contribution in [0.2, 0.25) is 0 Å². The number of hydrogen-bond acceptors (Lipinski definition) is 7. The lowest BCUT2D eigenvalue weighted by Crippen LogP contribution is -2.28. The molecule has 4 rings (SSSR count). The number of anilines is 1. The number of nitrogens with one attached hydrogen (secondary N) is 2. The molecule has 8 heteroatoms. The highest BCUT2D eigenvalue weighted by Gasteiger charge is 2.17. The van der Waals surface area contributed by atoms with Crippen LogP contribution in [-0.4, -0.2) is 41.1 Å². The molecule has 0 unspecified atom stereocenters. The van der Waals surface area contributed by atoms with Crippen molar-refractivity contribution in [3.8, 4) is 0 Å². The van der Waals surface area contributed by atoms with E-state index in [1.807, 2.05) is 25.1 Å². The zero-order valence-corrected chi connectivity index (χ0v) is 17.9. The second-order valence-electron chi connectivity index (χ2n) is 7.04. The molecule has 1 amide bonds. The Bertz CT molecular complexity index is 967. The van der Waals surface area contributed by atoms with E-state index in [4.69, 9.17) is 4.74 Å². The molecular weight excluding hydrogens is 404 g/mol. The van der Waals surface area contributed by atoms with E-state index in [0.717, 1.165) is 41.0 Å². The molecule has 1 aliphatic heterocycles. The van der Waals surface area contributed by atoms with Crippen LogP contribution in [0.1, 0.15) is 31.4 Å². The summed E-state index contributed by atoms with van der Waals surface area (Å²) in [5.41, 5.74) is 1.12. The van der Waals surface area contributed by atoms with Crippen molar-refractivity contribution >= 4 is 44.9 Å². The molecule has 29 heavy (non-hydrogen) atoms. The highest BCUT2D eigenvalue weighted by atomic mass is 32.2. The quantitative estimate of drug-likeness (QED) is 0.523. The van der Waals surface area contributed by atoms with Gasteiger partial charge in [-0.05, 0) is 36.1 Å². The van der Waals surface area contributed by atoms with Gasteiger partial charge in [0.25, 0.3) is 0 Å². The Labute approximate surface area is 178 Å². The standard InChI is InChI=1S/C21H24N4O2S2/c1-14(17-10-4-7-15-6-2-3-9-18(15)17)23-19(26)13-28-21-25-24-20(29-21)22-12-16-8-5-11-27-16/h2-4,6-7,9-10,14,16H,5,8,11-13H2,1H3,(H,22,24)(H,23,26)/t14-,16-/m0/s1. The smallest absolute Gasteiger partial charge is 0.230 e. The van der Waals surface area contributed by atoms with Gasteiger partial charge in [-0.2, -0.15) is 0 Å². The van der Waals surface area contributed by atoms with Crippen molar-refractivity contribution in [1.82, 2.24) is 15.5 Å². The van der Waals surface area contributed by atoms with Crippen LogP contribution in [0.25, 0.3) is 10.8 Å². The number of carbonyl (C=O) groups is 1. The Balaban J connectivity index is 1.27. The molecule has 1 aliphatic rings. The number of thioether (sulfide) groups is 1. The van der Waals surface area contributed by atoms with Gasteiger partial charge in [0.15, 0.2) is 4.34 Å². The molecular formula is C21H24N4O2S2. The molecule has 3 aromatic rings. The van der Waals surface area contributed by atoms with E-state index in [9.17, 15) is 4.79 Å². The van der Waals surface area contributed by atoms with Crippen LogP contribution < -0.4 is 10.6 Å². The van der Waals surface area contributed by atoms with Crippen LogP contribution in [-0.2, 0) is 9.53 Å². The van der Waals surface area contributed by atoms with Crippen molar-refractivity contribution < 1.29 is 9.53 Å². The Morgan fingerprint density at radius 2 is 2.14 bits per heavy atom. The SMILES string of the molecule is C[C@H](NC(=O)CSc1nnc(NC[C@@H]2CCCO2)s1)c1cccc2ccccc12. The molecule has 0 aliphatic carbocycles. The van der Waals surface area contributed by atoms with Crippen molar-refractivity contribution in [2.45, 2.75) is 36.3 Å². The van der Waals surface area contributed by atoms with Gasteiger partial charge in [0.2, 0.25) is 11.0 Å². The minimum Gasteiger partial charge on any atom is -0.376 e. The highest BCUT2D eigenvalue weighted by Crippen LogP contribution is 2.27. The fraction of sp³-hybridized carbons (Fsp3) is 0.381. The van der Waals surface area contributed by atoms with Crippen LogP contribution in [0.15, 0.2) is 46.8 Å². The number of benzene rings is 2. The number of aromatic nitrogens is 2. The molecule has 2 aromatic carbocycles. The van der Waals surface area contributed by atoms with E-state index in [2.05, 4.69) is 45.1 Å². The Morgan fingerprint density at radius 1 is 1.28 bits per heavy atom. The molecule has 0 bridgehead atoms. The van der Waals surface area contributed by atoms with Crippen molar-refractivity contribution in [2.24, 2.45) is 0 Å². The number of amides is 1. The van der Waals surface area contributed by atoms with E-state index >= 15 is 0 Å². The third-order valence-corrected chi connectivity index (χ3v) is 6.92. The molecule has 0 spiro atoms. The average molecular weight is 429 g/mol. The van der Waals surface area contributed by atoms with Gasteiger partial charge in [-0.3, -0.25) is 4.79 Å². The highest BCUT2D eigenvalue weighted by molar-refractivity contribution is 8.01. The first-order chi connectivity index (χ1) is 14.2. The van der Waals surface area contributed by atoms with Crippen LogP contribution in [0.5, 0.6) is 0 Å². The summed E-state index contributed by atoms with van der Waals surface area (Å²) in [6.07, 6.45) is 2.47. The monoisotopic (exact) mass is 428 g/mol. The first-order valence-electron chi connectivity index (χ1n) is 9.78. The molecule has 2 atom stereocenters. The van der Waals surface area contributed by atoms with E-state index in [1.54, 1.807) is 0 Å². The van der Waals surface area contributed by atoms with Gasteiger partial charge in [-0.25, -0.2) is 0 Å². The number of fused-ring (bicyclic) bond motifs is 1. The molecule has 2 N–H and O–H groups in total. The summed E-state index contributed by atoms with van der Waals surface area (Å²) in [5.74, 6) is 0.301. The fourth-order valence-corrected chi connectivity index (χ4v) is 5.03. The first-order valence-corrected chi connectivity index (χ1v) is 11.6. The summed E-state index contributed by atoms with van der Waals surface area (Å²) in [6.45, 7) is 3.61. The predicted octanol–water partition coefficient (Wildman–Crippen LogP) is 4.25. The van der Waals surface area contributed by atoms with E-state index < -0.39 is 0 Å². The second kappa shape index (κ2) is 9.56. The number of carbonyl (C=O) groups excluding carboxylic acids is 1. The van der Waals surface area contributed by atoms with Crippen LogP contribution in [0, 0.1) is 0 Å². The van der Waals surface area contributed by atoms with Crippen molar-refractivity contribution in [3.63, 3.8) is 0 Å². The molecule has 1 fully saturated rings. The third kappa shape index (κ3) is 5.26. The van der Waals surface area contributed by atoms with Crippen molar-refractivity contribution in [1.29, 1.82) is 0 Å². The lowest BCUT2D eigenvalue weighted by Gasteiger charge is -2.16. The Kier molecular flexibility index (Phi) is 6.63. The van der Waals surface area contributed by atoms with Gasteiger partial charge in [-0.1, -0.05) is 65.6 Å². The third-order valence-electron chi connectivity index (χ3n) is 4.91. The summed E-state index contributed by atoms with van der Waals surface area (Å²) in [7, 11) is 0. The molecule has 6 nitrogen and oxygen atoms in total. The molecule has 1 saturated heterocycles. The van der Waals surface area contributed by atoms with E-state index in [1.165, 1.54) is 33.9 Å². The van der Waals surface area contributed by atoms with E-state index in [-0.39, 0.29) is 18.1 Å². The van der Waals surface area contributed by atoms with Gasteiger partial charge in [0.1, 0.15) is 0 Å². The summed E-state index contributed by atoms with van der Waals surface area (Å²) in [6, 6.07) is 14.3. The van der Waals surface area contributed by atoms with E-state index in [0.29, 0.717) is 5.75 Å². The maximum atomic E-state index is 12.4. The summed E-state index contributed by atoms with van der Waals surface area (Å²) in [5, 5.41) is 17.8. The lowest BCUT2D eigenvalue weighted by molar-refractivity contribution is -0.119. The lowest BCUT2D eigenvalue weighted by atomic mass is 10.00. The number of nitrogens with zero attached hydrogens (tertiary/aromatic N) is 2. The predicted molar refractivity (Wildman–Crippen MR) is 119 cm³/mol. The van der Waals surface area contributed by atoms with Crippen molar-refractivity contribution in [2.75, 3.05) is 24.2 Å². The largest absolute Gasteiger partial charge is 0.376 e. The minimum atomic E-state index is -0.0627. The fourth-order valence-electron chi connectivity index (χ4n) is 3.46. The first kappa shape index (κ1) is 20.1. The Morgan fingerprint density at radius 3 is 3.00 bits per heavy atom. The number of rotatable bonds is 8. The summed E-state index contributed by atoms with van der Waals surface area (Å²) >= 11 is 2.88.